The van der Waals surface area contributed by atoms with E-state index >= 15 is 0 Å². The highest BCUT2D eigenvalue weighted by molar-refractivity contribution is 5.96. The van der Waals surface area contributed by atoms with E-state index in [4.69, 9.17) is 18.9 Å². The van der Waals surface area contributed by atoms with Crippen LogP contribution >= 0.6 is 0 Å². The van der Waals surface area contributed by atoms with E-state index in [9.17, 15) is 9.59 Å². The summed E-state index contributed by atoms with van der Waals surface area (Å²) in [6, 6.07) is 11.6. The fraction of sp³-hybridized carbons (Fsp3) is 0.333. The van der Waals surface area contributed by atoms with Gasteiger partial charge in [-0.1, -0.05) is 13.8 Å². The molecule has 0 radical (unpaired) electrons. The van der Waals surface area contributed by atoms with Crippen LogP contribution in [-0.4, -0.2) is 39.3 Å². The van der Waals surface area contributed by atoms with Crippen molar-refractivity contribution >= 4 is 17.6 Å². The summed E-state index contributed by atoms with van der Waals surface area (Å²) < 4.78 is 21.0. The van der Waals surface area contributed by atoms with Crippen LogP contribution < -0.4 is 19.5 Å². The summed E-state index contributed by atoms with van der Waals surface area (Å²) in [7, 11) is 3.01. The van der Waals surface area contributed by atoms with Crippen molar-refractivity contribution in [3.8, 4) is 17.2 Å². The average molecular weight is 387 g/mol. The number of amides is 1. The van der Waals surface area contributed by atoms with Crippen molar-refractivity contribution in [2.24, 2.45) is 5.92 Å². The van der Waals surface area contributed by atoms with Gasteiger partial charge in [-0.15, -0.1) is 0 Å². The van der Waals surface area contributed by atoms with Crippen molar-refractivity contribution in [3.05, 3.63) is 48.0 Å². The Morgan fingerprint density at radius 2 is 1.64 bits per heavy atom. The Labute approximate surface area is 164 Å². The molecule has 0 aliphatic rings. The van der Waals surface area contributed by atoms with Gasteiger partial charge in [-0.2, -0.15) is 0 Å². The lowest BCUT2D eigenvalue weighted by molar-refractivity contribution is -0.119. The minimum atomic E-state index is -0.594. The molecule has 0 fully saturated rings. The SMILES string of the molecule is COc1ccc(OC)c(NC(=O)COC(=O)c2ccc(OCC(C)C)cc2)c1. The van der Waals surface area contributed by atoms with Gasteiger partial charge in [0.15, 0.2) is 6.61 Å². The topological polar surface area (TPSA) is 83.1 Å². The molecule has 28 heavy (non-hydrogen) atoms. The summed E-state index contributed by atoms with van der Waals surface area (Å²) in [6.45, 7) is 4.28. The number of anilines is 1. The fourth-order valence-electron chi connectivity index (χ4n) is 2.26. The van der Waals surface area contributed by atoms with Crippen molar-refractivity contribution in [2.75, 3.05) is 32.8 Å². The summed E-state index contributed by atoms with van der Waals surface area (Å²) in [5.41, 5.74) is 0.762. The lowest BCUT2D eigenvalue weighted by atomic mass is 10.2. The molecule has 2 aromatic rings. The van der Waals surface area contributed by atoms with Crippen LogP contribution in [0.15, 0.2) is 42.5 Å². The van der Waals surface area contributed by atoms with E-state index in [0.717, 1.165) is 0 Å². The monoisotopic (exact) mass is 387 g/mol. The lowest BCUT2D eigenvalue weighted by Crippen LogP contribution is -2.21. The van der Waals surface area contributed by atoms with E-state index in [1.54, 1.807) is 42.5 Å². The standard InChI is InChI=1S/C21H25NO6/c1-14(2)12-27-16-7-5-15(6-8-16)21(24)28-13-20(23)22-18-11-17(25-3)9-10-19(18)26-4/h5-11,14H,12-13H2,1-4H3,(H,22,23). The molecule has 1 N–H and O–H groups in total. The van der Waals surface area contributed by atoms with Gasteiger partial charge in [0.2, 0.25) is 0 Å². The molecule has 0 saturated heterocycles. The van der Waals surface area contributed by atoms with E-state index in [1.807, 2.05) is 0 Å². The molecular weight excluding hydrogens is 362 g/mol. The Bertz CT molecular complexity index is 801. The van der Waals surface area contributed by atoms with Crippen molar-refractivity contribution in [2.45, 2.75) is 13.8 Å². The molecule has 0 heterocycles. The number of benzene rings is 2. The number of esters is 1. The molecule has 2 rings (SSSR count). The summed E-state index contributed by atoms with van der Waals surface area (Å²) in [5.74, 6) is 1.03. The number of hydrogen-bond donors (Lipinski definition) is 1. The number of carbonyl (C=O) groups excluding carboxylic acids is 2. The van der Waals surface area contributed by atoms with Gasteiger partial charge in [0.25, 0.3) is 5.91 Å². The molecule has 0 spiro atoms. The summed E-state index contributed by atoms with van der Waals surface area (Å²) >= 11 is 0. The lowest BCUT2D eigenvalue weighted by Gasteiger charge is -2.12. The Hall–Kier alpha value is -3.22. The minimum absolute atomic E-state index is 0.337. The molecule has 2 aromatic carbocycles. The predicted octanol–water partition coefficient (Wildman–Crippen LogP) is 3.53. The summed E-state index contributed by atoms with van der Waals surface area (Å²) in [5, 5.41) is 2.64. The van der Waals surface area contributed by atoms with Gasteiger partial charge in [-0.25, -0.2) is 4.79 Å². The highest BCUT2D eigenvalue weighted by atomic mass is 16.5. The second kappa shape index (κ2) is 10.2. The zero-order chi connectivity index (χ0) is 20.5. The smallest absolute Gasteiger partial charge is 0.338 e. The molecule has 150 valence electrons. The molecule has 0 saturated carbocycles. The third kappa shape index (κ3) is 6.19. The molecule has 0 bridgehead atoms. The van der Waals surface area contributed by atoms with Crippen LogP contribution in [0.5, 0.6) is 17.2 Å². The highest BCUT2D eigenvalue weighted by Gasteiger charge is 2.13. The predicted molar refractivity (Wildman–Crippen MR) is 105 cm³/mol. The Balaban J connectivity index is 1.89. The van der Waals surface area contributed by atoms with Gasteiger partial charge in [0, 0.05) is 6.07 Å². The van der Waals surface area contributed by atoms with Gasteiger partial charge < -0.3 is 24.3 Å². The summed E-state index contributed by atoms with van der Waals surface area (Å²) in [6.07, 6.45) is 0. The number of carbonyl (C=O) groups is 2. The van der Waals surface area contributed by atoms with Gasteiger partial charge in [-0.05, 0) is 42.3 Å². The Morgan fingerprint density at radius 3 is 2.25 bits per heavy atom. The van der Waals surface area contributed by atoms with Crippen LogP contribution in [0.1, 0.15) is 24.2 Å². The molecular formula is C21H25NO6. The normalized spacial score (nSPS) is 10.3. The van der Waals surface area contributed by atoms with Crippen molar-refractivity contribution in [1.29, 1.82) is 0 Å². The van der Waals surface area contributed by atoms with Crippen LogP contribution in [0.25, 0.3) is 0 Å². The van der Waals surface area contributed by atoms with Crippen LogP contribution in [0, 0.1) is 5.92 Å². The molecule has 0 aliphatic carbocycles. The molecule has 7 heteroatoms. The maximum absolute atomic E-state index is 12.1. The maximum atomic E-state index is 12.1. The minimum Gasteiger partial charge on any atom is -0.497 e. The zero-order valence-electron chi connectivity index (χ0n) is 16.5. The first kappa shape index (κ1) is 21.1. The molecule has 1 amide bonds. The van der Waals surface area contributed by atoms with Gasteiger partial charge in [0.05, 0.1) is 32.1 Å². The molecule has 0 aliphatic heterocycles. The third-order valence-electron chi connectivity index (χ3n) is 3.69. The first-order chi connectivity index (χ1) is 13.4. The summed E-state index contributed by atoms with van der Waals surface area (Å²) in [4.78, 5) is 24.2. The third-order valence-corrected chi connectivity index (χ3v) is 3.69. The van der Waals surface area contributed by atoms with Crippen LogP contribution in [-0.2, 0) is 9.53 Å². The maximum Gasteiger partial charge on any atom is 0.338 e. The van der Waals surface area contributed by atoms with Gasteiger partial charge in [-0.3, -0.25) is 4.79 Å². The zero-order valence-corrected chi connectivity index (χ0v) is 16.5. The Kier molecular flexibility index (Phi) is 7.68. The number of hydrogen-bond acceptors (Lipinski definition) is 6. The highest BCUT2D eigenvalue weighted by Crippen LogP contribution is 2.28. The first-order valence-corrected chi connectivity index (χ1v) is 8.84. The van der Waals surface area contributed by atoms with E-state index in [-0.39, 0.29) is 0 Å². The average Bonchev–Trinajstić information content (AvgIpc) is 2.70. The molecule has 0 aromatic heterocycles. The quantitative estimate of drug-likeness (QED) is 0.663. The largest absolute Gasteiger partial charge is 0.497 e. The number of methoxy groups -OCH3 is 2. The van der Waals surface area contributed by atoms with Gasteiger partial charge >= 0.3 is 5.97 Å². The molecule has 0 atom stereocenters. The number of ether oxygens (including phenoxy) is 4. The number of rotatable bonds is 9. The molecule has 0 unspecified atom stereocenters. The van der Waals surface area contributed by atoms with E-state index in [2.05, 4.69) is 19.2 Å². The van der Waals surface area contributed by atoms with Crippen molar-refractivity contribution in [3.63, 3.8) is 0 Å². The van der Waals surface area contributed by atoms with Gasteiger partial charge in [0.1, 0.15) is 17.2 Å². The van der Waals surface area contributed by atoms with Crippen molar-refractivity contribution in [1.82, 2.24) is 0 Å². The van der Waals surface area contributed by atoms with Crippen LogP contribution in [0.4, 0.5) is 5.69 Å². The first-order valence-electron chi connectivity index (χ1n) is 8.84. The Morgan fingerprint density at radius 1 is 0.964 bits per heavy atom. The molecule has 7 nitrogen and oxygen atoms in total. The number of nitrogens with one attached hydrogen (secondary N) is 1. The van der Waals surface area contributed by atoms with E-state index in [1.165, 1.54) is 14.2 Å². The van der Waals surface area contributed by atoms with E-state index < -0.39 is 18.5 Å². The fourth-order valence-corrected chi connectivity index (χ4v) is 2.26. The van der Waals surface area contributed by atoms with Crippen LogP contribution in [0.3, 0.4) is 0 Å². The second-order valence-electron chi connectivity index (χ2n) is 6.42. The van der Waals surface area contributed by atoms with Crippen LogP contribution in [0.2, 0.25) is 0 Å². The van der Waals surface area contributed by atoms with Crippen molar-refractivity contribution < 1.29 is 28.5 Å². The second-order valence-corrected chi connectivity index (χ2v) is 6.42. The van der Waals surface area contributed by atoms with E-state index in [0.29, 0.717) is 41.0 Å².